The van der Waals surface area contributed by atoms with Crippen molar-refractivity contribution < 1.29 is 14.2 Å². The third-order valence-corrected chi connectivity index (χ3v) is 6.01. The van der Waals surface area contributed by atoms with Crippen LogP contribution >= 0.6 is 0 Å². The molecule has 29 heavy (non-hydrogen) atoms. The Hall–Kier alpha value is -1.99. The Morgan fingerprint density at radius 1 is 1.34 bits per heavy atom. The van der Waals surface area contributed by atoms with Crippen LogP contribution in [0.4, 0.5) is 0 Å². The number of aliphatic imine (C=N–C) groups is 1. The first-order valence-corrected chi connectivity index (χ1v) is 10.9. The Morgan fingerprint density at radius 2 is 2.24 bits per heavy atom. The molecule has 160 valence electrons. The van der Waals surface area contributed by atoms with Gasteiger partial charge in [0.05, 0.1) is 19.3 Å². The molecule has 0 aliphatic carbocycles. The lowest BCUT2D eigenvalue weighted by Crippen LogP contribution is -2.51. The van der Waals surface area contributed by atoms with Crippen molar-refractivity contribution in [2.75, 3.05) is 39.9 Å². The van der Waals surface area contributed by atoms with Gasteiger partial charge in [-0.25, -0.2) is 0 Å². The molecule has 2 fully saturated rings. The number of rotatable bonds is 6. The molecule has 0 amide bonds. The monoisotopic (exact) mass is 402 g/mol. The fourth-order valence-electron chi connectivity index (χ4n) is 4.53. The van der Waals surface area contributed by atoms with E-state index in [4.69, 9.17) is 14.2 Å². The molecule has 3 unspecified atom stereocenters. The summed E-state index contributed by atoms with van der Waals surface area (Å²) in [5.41, 5.74) is 2.30. The highest BCUT2D eigenvalue weighted by Gasteiger charge is 2.32. The van der Waals surface area contributed by atoms with Gasteiger partial charge in [-0.2, -0.15) is 0 Å². The molecule has 1 aromatic rings. The molecule has 3 atom stereocenters. The molecule has 0 bridgehead atoms. The van der Waals surface area contributed by atoms with Crippen LogP contribution < -0.4 is 20.1 Å². The summed E-state index contributed by atoms with van der Waals surface area (Å²) in [7, 11) is 1.80. The van der Waals surface area contributed by atoms with Crippen molar-refractivity contribution in [3.8, 4) is 11.5 Å². The van der Waals surface area contributed by atoms with E-state index in [0.717, 1.165) is 49.1 Å². The zero-order chi connectivity index (χ0) is 20.2. The van der Waals surface area contributed by atoms with Gasteiger partial charge in [-0.05, 0) is 45.4 Å². The smallest absolute Gasteiger partial charge is 0.191 e. The average Bonchev–Trinajstić information content (AvgIpc) is 3.32. The van der Waals surface area contributed by atoms with Crippen molar-refractivity contribution in [1.29, 1.82) is 0 Å². The normalized spacial score (nSPS) is 26.6. The second kappa shape index (κ2) is 9.22. The summed E-state index contributed by atoms with van der Waals surface area (Å²) in [6, 6.07) is 4.85. The number of nitrogens with zero attached hydrogens (tertiary/aromatic N) is 2. The minimum absolute atomic E-state index is 0.205. The lowest BCUT2D eigenvalue weighted by atomic mass is 10.1. The summed E-state index contributed by atoms with van der Waals surface area (Å²) in [6.45, 7) is 9.20. The first kappa shape index (κ1) is 20.3. The predicted molar refractivity (Wildman–Crippen MR) is 114 cm³/mol. The number of ether oxygens (including phenoxy) is 3. The number of guanidine groups is 1. The Kier molecular flexibility index (Phi) is 6.45. The third kappa shape index (κ3) is 4.78. The molecular formula is C22H34N4O3. The van der Waals surface area contributed by atoms with E-state index in [1.165, 1.54) is 24.9 Å². The van der Waals surface area contributed by atoms with Crippen molar-refractivity contribution in [1.82, 2.24) is 15.5 Å². The van der Waals surface area contributed by atoms with E-state index in [1.54, 1.807) is 7.05 Å². The van der Waals surface area contributed by atoms with Crippen LogP contribution in [0.15, 0.2) is 17.1 Å². The second-order valence-electron chi connectivity index (χ2n) is 8.19. The molecule has 0 saturated carbocycles. The quantitative estimate of drug-likeness (QED) is 0.560. The van der Waals surface area contributed by atoms with Gasteiger partial charge in [0, 0.05) is 50.3 Å². The molecular weight excluding hydrogens is 368 g/mol. The van der Waals surface area contributed by atoms with Gasteiger partial charge < -0.3 is 24.8 Å². The number of morpholine rings is 1. The van der Waals surface area contributed by atoms with Gasteiger partial charge in [-0.15, -0.1) is 0 Å². The van der Waals surface area contributed by atoms with Crippen LogP contribution in [-0.2, 0) is 17.7 Å². The van der Waals surface area contributed by atoms with E-state index < -0.39 is 0 Å². The van der Waals surface area contributed by atoms with Crippen LogP contribution in [0.5, 0.6) is 11.5 Å². The SMILES string of the molecule is CCOc1cc2c(cc1CNC(=NC)NCC1CN3CCCC3CO1)OC(C)C2. The number of nitrogens with one attached hydrogen (secondary N) is 2. The Bertz CT molecular complexity index is 739. The molecule has 7 heteroatoms. The van der Waals surface area contributed by atoms with Crippen LogP contribution in [0.25, 0.3) is 0 Å². The van der Waals surface area contributed by atoms with E-state index in [1.807, 2.05) is 6.92 Å². The molecule has 0 spiro atoms. The van der Waals surface area contributed by atoms with Crippen LogP contribution in [0, 0.1) is 0 Å². The van der Waals surface area contributed by atoms with Crippen molar-refractivity contribution >= 4 is 5.96 Å². The minimum Gasteiger partial charge on any atom is -0.494 e. The van der Waals surface area contributed by atoms with Crippen LogP contribution in [-0.4, -0.2) is 69.0 Å². The lowest BCUT2D eigenvalue weighted by Gasteiger charge is -2.35. The van der Waals surface area contributed by atoms with Crippen LogP contribution in [0.1, 0.15) is 37.8 Å². The highest BCUT2D eigenvalue weighted by molar-refractivity contribution is 5.79. The first-order valence-electron chi connectivity index (χ1n) is 10.9. The van der Waals surface area contributed by atoms with Crippen molar-refractivity contribution in [3.63, 3.8) is 0 Å². The van der Waals surface area contributed by atoms with Crippen LogP contribution in [0.3, 0.4) is 0 Å². The Labute approximate surface area is 173 Å². The van der Waals surface area contributed by atoms with Gasteiger partial charge in [0.2, 0.25) is 0 Å². The van der Waals surface area contributed by atoms with Crippen molar-refractivity contribution in [3.05, 3.63) is 23.3 Å². The molecule has 3 heterocycles. The topological polar surface area (TPSA) is 67.4 Å². The van der Waals surface area contributed by atoms with Gasteiger partial charge in [0.25, 0.3) is 0 Å². The molecule has 2 saturated heterocycles. The van der Waals surface area contributed by atoms with E-state index in [-0.39, 0.29) is 12.2 Å². The van der Waals surface area contributed by atoms with Gasteiger partial charge in [-0.3, -0.25) is 9.89 Å². The van der Waals surface area contributed by atoms with E-state index in [2.05, 4.69) is 39.6 Å². The number of hydrogen-bond acceptors (Lipinski definition) is 5. The van der Waals surface area contributed by atoms with Crippen molar-refractivity contribution in [2.45, 2.75) is 57.9 Å². The maximum Gasteiger partial charge on any atom is 0.191 e. The molecule has 4 rings (SSSR count). The highest BCUT2D eigenvalue weighted by Crippen LogP contribution is 2.35. The Morgan fingerprint density at radius 3 is 3.07 bits per heavy atom. The van der Waals surface area contributed by atoms with E-state index in [9.17, 15) is 0 Å². The van der Waals surface area contributed by atoms with E-state index >= 15 is 0 Å². The highest BCUT2D eigenvalue weighted by atomic mass is 16.5. The Balaban J connectivity index is 1.32. The van der Waals surface area contributed by atoms with Gasteiger partial charge >= 0.3 is 0 Å². The summed E-state index contributed by atoms with van der Waals surface area (Å²) in [5, 5.41) is 6.82. The summed E-state index contributed by atoms with van der Waals surface area (Å²) in [5.74, 6) is 2.66. The predicted octanol–water partition coefficient (Wildman–Crippen LogP) is 1.94. The summed E-state index contributed by atoms with van der Waals surface area (Å²) >= 11 is 0. The summed E-state index contributed by atoms with van der Waals surface area (Å²) in [6.07, 6.45) is 3.93. The second-order valence-corrected chi connectivity index (χ2v) is 8.19. The average molecular weight is 403 g/mol. The molecule has 2 N–H and O–H groups in total. The number of benzene rings is 1. The standard InChI is InChI=1S/C22H34N4O3/c1-4-27-20-9-16-8-15(2)29-21(16)10-17(20)11-24-22(23-3)25-12-19-13-26-7-5-6-18(26)14-28-19/h9-10,15,18-19H,4-8,11-14H2,1-3H3,(H2,23,24,25). The zero-order valence-electron chi connectivity index (χ0n) is 17.9. The molecule has 0 aromatic heterocycles. The molecule has 0 radical (unpaired) electrons. The summed E-state index contributed by atoms with van der Waals surface area (Å²) in [4.78, 5) is 6.93. The minimum atomic E-state index is 0.205. The first-order chi connectivity index (χ1) is 14.2. The number of fused-ring (bicyclic) bond motifs is 2. The summed E-state index contributed by atoms with van der Waals surface area (Å²) < 4.78 is 17.8. The molecule has 3 aliphatic rings. The van der Waals surface area contributed by atoms with Gasteiger partial charge in [0.1, 0.15) is 17.6 Å². The molecule has 7 nitrogen and oxygen atoms in total. The molecule has 3 aliphatic heterocycles. The van der Waals surface area contributed by atoms with Crippen molar-refractivity contribution in [2.24, 2.45) is 4.99 Å². The zero-order valence-corrected chi connectivity index (χ0v) is 17.9. The van der Waals surface area contributed by atoms with Gasteiger partial charge in [0.15, 0.2) is 5.96 Å². The third-order valence-electron chi connectivity index (χ3n) is 6.01. The number of hydrogen-bond donors (Lipinski definition) is 2. The fraction of sp³-hybridized carbons (Fsp3) is 0.682. The van der Waals surface area contributed by atoms with Gasteiger partial charge in [-0.1, -0.05) is 0 Å². The maximum atomic E-state index is 6.04. The van der Waals surface area contributed by atoms with Crippen LogP contribution in [0.2, 0.25) is 0 Å². The largest absolute Gasteiger partial charge is 0.494 e. The van der Waals surface area contributed by atoms with E-state index in [0.29, 0.717) is 19.2 Å². The lowest BCUT2D eigenvalue weighted by molar-refractivity contribution is -0.0453. The maximum absolute atomic E-state index is 6.04. The molecule has 1 aromatic carbocycles. The fourth-order valence-corrected chi connectivity index (χ4v) is 4.53.